The van der Waals surface area contributed by atoms with Gasteiger partial charge >= 0.3 is 0 Å². The molecule has 1 fully saturated rings. The van der Waals surface area contributed by atoms with Gasteiger partial charge in [0.2, 0.25) is 5.91 Å². The van der Waals surface area contributed by atoms with Crippen molar-refractivity contribution in [3.05, 3.63) is 59.7 Å². The molecule has 2 aliphatic heterocycles. The Bertz CT molecular complexity index is 885. The number of hydrogen-bond acceptors (Lipinski definition) is 3. The van der Waals surface area contributed by atoms with E-state index in [1.54, 1.807) is 4.90 Å². The number of halogens is 1. The van der Waals surface area contributed by atoms with Crippen LogP contribution in [0.15, 0.2) is 42.7 Å². The Morgan fingerprint density at radius 1 is 1.38 bits per heavy atom. The highest BCUT2D eigenvalue weighted by molar-refractivity contribution is 6.08. The predicted molar refractivity (Wildman–Crippen MR) is 95.3 cm³/mol. The first-order valence-electron chi connectivity index (χ1n) is 8.90. The summed E-state index contributed by atoms with van der Waals surface area (Å²) < 4.78 is 13.5. The van der Waals surface area contributed by atoms with E-state index in [2.05, 4.69) is 10.3 Å². The van der Waals surface area contributed by atoms with Crippen LogP contribution in [0.4, 0.5) is 10.1 Å². The van der Waals surface area contributed by atoms with Gasteiger partial charge in [0.05, 0.1) is 23.2 Å². The Balaban J connectivity index is 1.76. The number of rotatable bonds is 3. The fraction of sp³-hybridized carbons (Fsp3) is 0.350. The number of nitrogens with one attached hydrogen (secondary N) is 1. The van der Waals surface area contributed by atoms with Crippen LogP contribution >= 0.6 is 0 Å². The van der Waals surface area contributed by atoms with Crippen molar-refractivity contribution in [2.75, 3.05) is 11.9 Å². The number of likely N-dealkylation sites (tertiary alicyclic amines) is 1. The van der Waals surface area contributed by atoms with Gasteiger partial charge in [-0.15, -0.1) is 0 Å². The van der Waals surface area contributed by atoms with E-state index in [4.69, 9.17) is 0 Å². The van der Waals surface area contributed by atoms with Gasteiger partial charge in [-0.3, -0.25) is 14.6 Å². The van der Waals surface area contributed by atoms with E-state index in [-0.39, 0.29) is 23.4 Å². The molecule has 4 rings (SSSR count). The van der Waals surface area contributed by atoms with Crippen LogP contribution in [-0.2, 0) is 10.2 Å². The third kappa shape index (κ3) is 2.32. The molecule has 26 heavy (non-hydrogen) atoms. The second-order valence-electron chi connectivity index (χ2n) is 6.92. The maximum Gasteiger partial charge on any atom is 0.255 e. The number of carbonyl (C=O) groups is 2. The van der Waals surface area contributed by atoms with Crippen LogP contribution in [0.5, 0.6) is 0 Å². The summed E-state index contributed by atoms with van der Waals surface area (Å²) in [6.07, 6.45) is 4.56. The standard InChI is InChI=1S/C20H20FN3O2/c1-2-5-17-20(15-6-3-4-7-16(15)23-19(20)26)8-9-24(17)18(25)13-10-14(21)12-22-11-13/h3-4,6-7,10-12,17H,2,5,8-9H2,1H3,(H,23,26)/t17-,20-/m0/s1. The largest absolute Gasteiger partial charge is 0.334 e. The number of anilines is 1. The normalized spacial score (nSPS) is 24.0. The van der Waals surface area contributed by atoms with Crippen LogP contribution in [0.2, 0.25) is 0 Å². The molecule has 1 saturated heterocycles. The molecule has 0 aliphatic carbocycles. The van der Waals surface area contributed by atoms with Crippen molar-refractivity contribution in [3.63, 3.8) is 0 Å². The molecule has 2 amide bonds. The Kier molecular flexibility index (Phi) is 3.98. The second-order valence-corrected chi connectivity index (χ2v) is 6.92. The highest BCUT2D eigenvalue weighted by atomic mass is 19.1. The summed E-state index contributed by atoms with van der Waals surface area (Å²) in [6, 6.07) is 8.62. The number of para-hydroxylation sites is 1. The van der Waals surface area contributed by atoms with Crippen LogP contribution in [0.1, 0.15) is 42.1 Å². The summed E-state index contributed by atoms with van der Waals surface area (Å²) >= 11 is 0. The SMILES string of the molecule is CCC[C@@H]1N(C(=O)c2cncc(F)c2)CC[C@@]12C(=O)Nc1ccccc12. The quantitative estimate of drug-likeness (QED) is 0.922. The first-order valence-corrected chi connectivity index (χ1v) is 8.90. The number of nitrogens with zero attached hydrogens (tertiary/aromatic N) is 2. The van der Waals surface area contributed by atoms with Crippen LogP contribution in [0, 0.1) is 5.82 Å². The van der Waals surface area contributed by atoms with Gasteiger partial charge in [-0.2, -0.15) is 0 Å². The molecule has 2 atom stereocenters. The molecular weight excluding hydrogens is 333 g/mol. The molecule has 0 saturated carbocycles. The topological polar surface area (TPSA) is 62.3 Å². The predicted octanol–water partition coefficient (Wildman–Crippen LogP) is 3.13. The molecule has 3 heterocycles. The lowest BCUT2D eigenvalue weighted by Crippen LogP contribution is -2.48. The highest BCUT2D eigenvalue weighted by Crippen LogP contribution is 2.49. The second kappa shape index (κ2) is 6.20. The molecule has 5 nitrogen and oxygen atoms in total. The van der Waals surface area contributed by atoms with Crippen LogP contribution < -0.4 is 5.32 Å². The summed E-state index contributed by atoms with van der Waals surface area (Å²) in [4.78, 5) is 31.5. The summed E-state index contributed by atoms with van der Waals surface area (Å²) in [5, 5.41) is 2.98. The van der Waals surface area contributed by atoms with Gasteiger partial charge in [0.1, 0.15) is 5.82 Å². The molecular formula is C20H20FN3O2. The molecule has 1 aromatic carbocycles. The number of carbonyl (C=O) groups excluding carboxylic acids is 2. The molecule has 0 radical (unpaired) electrons. The van der Waals surface area contributed by atoms with Gasteiger partial charge in [0.15, 0.2) is 0 Å². The van der Waals surface area contributed by atoms with Gasteiger partial charge in [0.25, 0.3) is 5.91 Å². The molecule has 1 spiro atoms. The number of fused-ring (bicyclic) bond motifs is 2. The average Bonchev–Trinajstić information content (AvgIpc) is 3.15. The zero-order valence-corrected chi connectivity index (χ0v) is 14.5. The minimum atomic E-state index is -0.733. The molecule has 0 unspecified atom stereocenters. The Hall–Kier alpha value is -2.76. The lowest BCUT2D eigenvalue weighted by Gasteiger charge is -2.34. The monoisotopic (exact) mass is 353 g/mol. The van der Waals surface area contributed by atoms with Crippen LogP contribution in [-0.4, -0.2) is 34.3 Å². The van der Waals surface area contributed by atoms with E-state index in [0.717, 1.165) is 23.9 Å². The minimum absolute atomic E-state index is 0.0511. The number of aromatic nitrogens is 1. The van der Waals surface area contributed by atoms with Crippen LogP contribution in [0.3, 0.4) is 0 Å². The third-order valence-corrected chi connectivity index (χ3v) is 5.53. The van der Waals surface area contributed by atoms with E-state index in [9.17, 15) is 14.0 Å². The fourth-order valence-electron chi connectivity index (χ4n) is 4.41. The molecule has 1 N–H and O–H groups in total. The van der Waals surface area contributed by atoms with E-state index in [0.29, 0.717) is 19.4 Å². The first-order chi connectivity index (χ1) is 12.6. The molecule has 2 aliphatic rings. The summed E-state index contributed by atoms with van der Waals surface area (Å²) in [5.41, 5.74) is 1.26. The molecule has 134 valence electrons. The average molecular weight is 353 g/mol. The van der Waals surface area contributed by atoms with E-state index in [1.165, 1.54) is 12.3 Å². The summed E-state index contributed by atoms with van der Waals surface area (Å²) in [6.45, 7) is 2.50. The van der Waals surface area contributed by atoms with Crippen molar-refractivity contribution < 1.29 is 14.0 Å². The zero-order valence-electron chi connectivity index (χ0n) is 14.5. The summed E-state index contributed by atoms with van der Waals surface area (Å²) in [5.74, 6) is -0.866. The Morgan fingerprint density at radius 3 is 2.96 bits per heavy atom. The zero-order chi connectivity index (χ0) is 18.3. The lowest BCUT2D eigenvalue weighted by molar-refractivity contribution is -0.121. The third-order valence-electron chi connectivity index (χ3n) is 5.53. The van der Waals surface area contributed by atoms with E-state index in [1.807, 2.05) is 31.2 Å². The smallest absolute Gasteiger partial charge is 0.255 e. The number of pyridine rings is 1. The molecule has 0 bridgehead atoms. The van der Waals surface area contributed by atoms with E-state index < -0.39 is 11.2 Å². The van der Waals surface area contributed by atoms with E-state index >= 15 is 0 Å². The highest BCUT2D eigenvalue weighted by Gasteiger charge is 2.58. The van der Waals surface area contributed by atoms with Crippen molar-refractivity contribution in [1.29, 1.82) is 0 Å². The number of hydrogen-bond donors (Lipinski definition) is 1. The van der Waals surface area contributed by atoms with Crippen molar-refractivity contribution in [2.45, 2.75) is 37.6 Å². The Morgan fingerprint density at radius 2 is 2.19 bits per heavy atom. The number of amides is 2. The van der Waals surface area contributed by atoms with Gasteiger partial charge in [-0.05, 0) is 30.5 Å². The van der Waals surface area contributed by atoms with Gasteiger partial charge in [-0.25, -0.2) is 4.39 Å². The maximum atomic E-state index is 13.5. The minimum Gasteiger partial charge on any atom is -0.334 e. The van der Waals surface area contributed by atoms with Crippen molar-refractivity contribution in [2.24, 2.45) is 0 Å². The van der Waals surface area contributed by atoms with Crippen LogP contribution in [0.25, 0.3) is 0 Å². The fourth-order valence-corrected chi connectivity index (χ4v) is 4.41. The number of benzene rings is 1. The van der Waals surface area contributed by atoms with Crippen molar-refractivity contribution in [3.8, 4) is 0 Å². The molecule has 1 aromatic heterocycles. The summed E-state index contributed by atoms with van der Waals surface area (Å²) in [7, 11) is 0. The van der Waals surface area contributed by atoms with Gasteiger partial charge < -0.3 is 10.2 Å². The first kappa shape index (κ1) is 16.7. The van der Waals surface area contributed by atoms with Crippen molar-refractivity contribution >= 4 is 17.5 Å². The Labute approximate surface area is 151 Å². The van der Waals surface area contributed by atoms with Gasteiger partial charge in [0, 0.05) is 18.4 Å². The lowest BCUT2D eigenvalue weighted by atomic mass is 9.73. The molecule has 6 heteroatoms. The maximum absolute atomic E-state index is 13.5. The van der Waals surface area contributed by atoms with Gasteiger partial charge in [-0.1, -0.05) is 31.5 Å². The molecule has 2 aromatic rings. The van der Waals surface area contributed by atoms with Crippen molar-refractivity contribution in [1.82, 2.24) is 9.88 Å².